The zero-order valence-corrected chi connectivity index (χ0v) is 4.47. The van der Waals surface area contributed by atoms with Crippen molar-refractivity contribution in [2.24, 2.45) is 0 Å². The SMILES string of the molecule is Nc1cnn(S)c1. The van der Waals surface area contributed by atoms with Crippen LogP contribution in [0.15, 0.2) is 12.4 Å². The molecule has 1 rings (SSSR count). The van der Waals surface area contributed by atoms with Crippen molar-refractivity contribution >= 4 is 18.5 Å². The summed E-state index contributed by atoms with van der Waals surface area (Å²) in [6.45, 7) is 0. The fraction of sp³-hybridized carbons (Fsp3) is 0. The number of nitrogen functional groups attached to an aromatic ring is 1. The van der Waals surface area contributed by atoms with Crippen LogP contribution in [-0.4, -0.2) is 9.19 Å². The number of nitrogens with zero attached hydrogens (tertiary/aromatic N) is 2. The first-order valence-corrected chi connectivity index (χ1v) is 2.18. The van der Waals surface area contributed by atoms with Gasteiger partial charge in [-0.05, 0) is 12.8 Å². The predicted octanol–water partition coefficient (Wildman–Crippen LogP) is 0.158. The highest BCUT2D eigenvalue weighted by Crippen LogP contribution is 1.96. The Labute approximate surface area is 46.7 Å². The molecule has 0 atom stereocenters. The van der Waals surface area contributed by atoms with Gasteiger partial charge in [0.2, 0.25) is 0 Å². The second kappa shape index (κ2) is 1.46. The van der Waals surface area contributed by atoms with Crippen LogP contribution in [0.2, 0.25) is 0 Å². The Balaban J connectivity index is 3.04. The van der Waals surface area contributed by atoms with E-state index in [0.29, 0.717) is 5.69 Å². The van der Waals surface area contributed by atoms with Crippen molar-refractivity contribution in [3.8, 4) is 0 Å². The number of anilines is 1. The molecule has 0 bridgehead atoms. The first-order valence-electron chi connectivity index (χ1n) is 1.78. The van der Waals surface area contributed by atoms with E-state index in [9.17, 15) is 0 Å². The molecule has 2 N–H and O–H groups in total. The fourth-order valence-electron chi connectivity index (χ4n) is 0.326. The van der Waals surface area contributed by atoms with Gasteiger partial charge < -0.3 is 5.73 Å². The van der Waals surface area contributed by atoms with Crippen LogP contribution >= 0.6 is 12.8 Å². The molecule has 38 valence electrons. The number of thiol groups is 1. The lowest BCUT2D eigenvalue weighted by Gasteiger charge is -1.76. The highest BCUT2D eigenvalue weighted by molar-refractivity contribution is 7.78. The summed E-state index contributed by atoms with van der Waals surface area (Å²) in [4.78, 5) is 0. The van der Waals surface area contributed by atoms with Crippen molar-refractivity contribution < 1.29 is 0 Å². The molecule has 0 aliphatic rings. The molecule has 0 aliphatic carbocycles. The molecule has 0 radical (unpaired) electrons. The summed E-state index contributed by atoms with van der Waals surface area (Å²) < 4.78 is 1.36. The summed E-state index contributed by atoms with van der Waals surface area (Å²) in [5.74, 6) is 0. The van der Waals surface area contributed by atoms with E-state index in [1.165, 1.54) is 10.3 Å². The van der Waals surface area contributed by atoms with Crippen molar-refractivity contribution in [2.45, 2.75) is 0 Å². The highest BCUT2D eigenvalue weighted by atomic mass is 32.1. The van der Waals surface area contributed by atoms with Crippen molar-refractivity contribution in [3.63, 3.8) is 0 Å². The minimum Gasteiger partial charge on any atom is -0.396 e. The number of rotatable bonds is 0. The average molecular weight is 115 g/mol. The van der Waals surface area contributed by atoms with Gasteiger partial charge in [-0.25, -0.2) is 4.09 Å². The summed E-state index contributed by atoms with van der Waals surface area (Å²) >= 11 is 3.83. The lowest BCUT2D eigenvalue weighted by atomic mass is 10.6. The Morgan fingerprint density at radius 3 is 2.71 bits per heavy atom. The molecule has 0 unspecified atom stereocenters. The number of nitrogens with two attached hydrogens (primary N) is 1. The van der Waals surface area contributed by atoms with Gasteiger partial charge in [-0.1, -0.05) is 0 Å². The molecule has 3 nitrogen and oxygen atoms in total. The Bertz CT molecular complexity index is 142. The molecular weight excluding hydrogens is 110 g/mol. The average Bonchev–Trinajstić information content (AvgIpc) is 1.87. The van der Waals surface area contributed by atoms with Crippen molar-refractivity contribution in [1.29, 1.82) is 0 Å². The maximum absolute atomic E-state index is 5.25. The van der Waals surface area contributed by atoms with Gasteiger partial charge >= 0.3 is 0 Å². The second-order valence-corrected chi connectivity index (χ2v) is 1.60. The van der Waals surface area contributed by atoms with E-state index in [4.69, 9.17) is 5.73 Å². The topological polar surface area (TPSA) is 43.8 Å². The zero-order chi connectivity index (χ0) is 5.28. The maximum Gasteiger partial charge on any atom is 0.0730 e. The van der Waals surface area contributed by atoms with Crippen LogP contribution in [0.1, 0.15) is 0 Å². The molecule has 0 saturated carbocycles. The normalized spacial score (nSPS) is 9.29. The molecule has 4 heteroatoms. The van der Waals surface area contributed by atoms with Crippen LogP contribution in [0.25, 0.3) is 0 Å². The van der Waals surface area contributed by atoms with E-state index in [1.54, 1.807) is 6.20 Å². The van der Waals surface area contributed by atoms with Gasteiger partial charge in [0.15, 0.2) is 0 Å². The van der Waals surface area contributed by atoms with Crippen molar-refractivity contribution in [2.75, 3.05) is 5.73 Å². The fourth-order valence-corrected chi connectivity index (χ4v) is 0.511. The van der Waals surface area contributed by atoms with Gasteiger partial charge in [-0.15, -0.1) is 0 Å². The summed E-state index contributed by atoms with van der Waals surface area (Å²) in [6.07, 6.45) is 3.15. The standard InChI is InChI=1S/C3H5N3S/c4-3-1-5-6(7)2-3/h1-2,7H,4H2. The molecule has 0 saturated heterocycles. The summed E-state index contributed by atoms with van der Waals surface area (Å²) in [5.41, 5.74) is 5.88. The summed E-state index contributed by atoms with van der Waals surface area (Å²) in [7, 11) is 0. The maximum atomic E-state index is 5.25. The molecular formula is C3H5N3S. The van der Waals surface area contributed by atoms with Gasteiger partial charge in [-0.3, -0.25) is 0 Å². The number of hydrogen-bond acceptors (Lipinski definition) is 3. The molecule has 1 aromatic rings. The lowest BCUT2D eigenvalue weighted by molar-refractivity contribution is 1.02. The molecule has 0 aliphatic heterocycles. The van der Waals surface area contributed by atoms with Gasteiger partial charge in [0.1, 0.15) is 0 Å². The third kappa shape index (κ3) is 0.866. The van der Waals surface area contributed by atoms with Gasteiger partial charge in [0, 0.05) is 0 Å². The van der Waals surface area contributed by atoms with E-state index in [2.05, 4.69) is 17.9 Å². The van der Waals surface area contributed by atoms with E-state index in [0.717, 1.165) is 0 Å². The van der Waals surface area contributed by atoms with Crippen LogP contribution in [-0.2, 0) is 0 Å². The number of hydrogen-bond donors (Lipinski definition) is 2. The van der Waals surface area contributed by atoms with Crippen molar-refractivity contribution in [3.05, 3.63) is 12.4 Å². The Kier molecular flexibility index (Phi) is 0.941. The number of aromatic nitrogens is 2. The Morgan fingerprint density at radius 2 is 2.57 bits per heavy atom. The molecule has 0 spiro atoms. The zero-order valence-electron chi connectivity index (χ0n) is 3.57. The molecule has 1 aromatic heterocycles. The van der Waals surface area contributed by atoms with E-state index in [1.807, 2.05) is 0 Å². The smallest absolute Gasteiger partial charge is 0.0730 e. The largest absolute Gasteiger partial charge is 0.396 e. The first-order chi connectivity index (χ1) is 3.29. The Morgan fingerprint density at radius 1 is 1.86 bits per heavy atom. The molecule has 0 fully saturated rings. The monoisotopic (exact) mass is 115 g/mol. The summed E-state index contributed by atoms with van der Waals surface area (Å²) in [6, 6.07) is 0. The van der Waals surface area contributed by atoms with Gasteiger partial charge in [0.25, 0.3) is 0 Å². The minimum absolute atomic E-state index is 0.634. The van der Waals surface area contributed by atoms with E-state index < -0.39 is 0 Å². The Hall–Kier alpha value is -0.640. The van der Waals surface area contributed by atoms with Crippen LogP contribution in [0.5, 0.6) is 0 Å². The first kappa shape index (κ1) is 4.52. The third-order valence-electron chi connectivity index (χ3n) is 0.590. The van der Waals surface area contributed by atoms with E-state index >= 15 is 0 Å². The molecule has 1 heterocycles. The lowest BCUT2D eigenvalue weighted by Crippen LogP contribution is -1.77. The predicted molar refractivity (Wildman–Crippen MR) is 31.0 cm³/mol. The van der Waals surface area contributed by atoms with E-state index in [-0.39, 0.29) is 0 Å². The molecule has 7 heavy (non-hydrogen) atoms. The van der Waals surface area contributed by atoms with Gasteiger partial charge in [-0.2, -0.15) is 5.10 Å². The second-order valence-electron chi connectivity index (χ2n) is 1.19. The minimum atomic E-state index is 0.634. The van der Waals surface area contributed by atoms with Crippen LogP contribution < -0.4 is 5.73 Å². The molecule has 0 aromatic carbocycles. The third-order valence-corrected chi connectivity index (χ3v) is 0.808. The summed E-state index contributed by atoms with van der Waals surface area (Å²) in [5, 5.41) is 3.67. The molecule has 0 amide bonds. The van der Waals surface area contributed by atoms with Crippen LogP contribution in [0, 0.1) is 0 Å². The van der Waals surface area contributed by atoms with Crippen LogP contribution in [0.3, 0.4) is 0 Å². The van der Waals surface area contributed by atoms with Crippen LogP contribution in [0.4, 0.5) is 5.69 Å². The van der Waals surface area contributed by atoms with Crippen molar-refractivity contribution in [1.82, 2.24) is 9.19 Å². The highest BCUT2D eigenvalue weighted by Gasteiger charge is 1.83. The quantitative estimate of drug-likeness (QED) is 0.473. The van der Waals surface area contributed by atoms with Gasteiger partial charge in [0.05, 0.1) is 18.1 Å².